The van der Waals surface area contributed by atoms with Gasteiger partial charge < -0.3 is 5.21 Å². The standard InChI is InChI=1S/C13H8FNO3.HNO2/c14-11-7-6-10(8-12(11)15(17)18)13(16)9-4-2-1-3-5-9;2-1-3/h1-8H;(H,2,3). The number of nitrogens with zero attached hydrogens (tertiary/aromatic N) is 2. The van der Waals surface area contributed by atoms with Crippen molar-refractivity contribution in [2.75, 3.05) is 0 Å². The summed E-state index contributed by atoms with van der Waals surface area (Å²) in [6.45, 7) is 0. The highest BCUT2D eigenvalue weighted by Gasteiger charge is 2.18. The van der Waals surface area contributed by atoms with E-state index in [1.807, 2.05) is 0 Å². The molecule has 108 valence electrons. The molecule has 0 fully saturated rings. The number of nitro benzene ring substituents is 1. The topological polar surface area (TPSA) is 110 Å². The minimum absolute atomic E-state index is 0.0919. The van der Waals surface area contributed by atoms with Gasteiger partial charge in [-0.2, -0.15) is 4.39 Å². The molecular weight excluding hydrogens is 283 g/mol. The number of carbonyl (C=O) groups excluding carboxylic acids is 1. The number of rotatable bonds is 3. The van der Waals surface area contributed by atoms with Gasteiger partial charge in [-0.15, -0.1) is 4.91 Å². The molecular formula is C13H9FN2O5. The summed E-state index contributed by atoms with van der Waals surface area (Å²) in [5.74, 6) is -1.33. The number of halogens is 1. The fourth-order valence-corrected chi connectivity index (χ4v) is 1.55. The number of hydrogen-bond donors (Lipinski definition) is 1. The predicted octanol–water partition coefficient (Wildman–Crippen LogP) is 3.11. The molecule has 0 saturated heterocycles. The molecule has 2 aromatic rings. The third kappa shape index (κ3) is 4.16. The van der Waals surface area contributed by atoms with Gasteiger partial charge in [0.15, 0.2) is 11.1 Å². The first-order valence-corrected chi connectivity index (χ1v) is 5.51. The lowest BCUT2D eigenvalue weighted by Crippen LogP contribution is -2.03. The molecule has 0 aliphatic heterocycles. The molecule has 2 aromatic carbocycles. The van der Waals surface area contributed by atoms with Crippen molar-refractivity contribution in [2.24, 2.45) is 5.34 Å². The molecule has 0 unspecified atom stereocenters. The van der Waals surface area contributed by atoms with Crippen LogP contribution in [0.25, 0.3) is 0 Å². The van der Waals surface area contributed by atoms with Crippen LogP contribution in [-0.4, -0.2) is 15.9 Å². The Balaban J connectivity index is 0.000000677. The second kappa shape index (κ2) is 7.43. The van der Waals surface area contributed by atoms with Crippen LogP contribution in [0.15, 0.2) is 53.9 Å². The van der Waals surface area contributed by atoms with Crippen molar-refractivity contribution in [3.05, 3.63) is 80.5 Å². The molecule has 0 aliphatic carbocycles. The molecule has 1 N–H and O–H groups in total. The zero-order valence-corrected chi connectivity index (χ0v) is 10.5. The Kier molecular flexibility index (Phi) is 5.63. The van der Waals surface area contributed by atoms with Crippen molar-refractivity contribution in [1.29, 1.82) is 0 Å². The smallest absolute Gasteiger partial charge is 0.305 e. The van der Waals surface area contributed by atoms with E-state index in [2.05, 4.69) is 0 Å². The number of carbonyl (C=O) groups is 1. The molecule has 7 nitrogen and oxygen atoms in total. The molecule has 8 heteroatoms. The first-order chi connectivity index (χ1) is 10.0. The van der Waals surface area contributed by atoms with Crippen LogP contribution in [0.1, 0.15) is 15.9 Å². The van der Waals surface area contributed by atoms with Gasteiger partial charge in [0.25, 0.3) is 0 Å². The number of ketones is 1. The van der Waals surface area contributed by atoms with Crippen LogP contribution in [0.2, 0.25) is 0 Å². The summed E-state index contributed by atoms with van der Waals surface area (Å²) in [7, 11) is 0. The van der Waals surface area contributed by atoms with Gasteiger partial charge in [-0.05, 0) is 12.1 Å². The fraction of sp³-hybridized carbons (Fsp3) is 0. The summed E-state index contributed by atoms with van der Waals surface area (Å²) in [6.07, 6.45) is 0. The van der Waals surface area contributed by atoms with Crippen LogP contribution >= 0.6 is 0 Å². The van der Waals surface area contributed by atoms with Crippen molar-refractivity contribution in [1.82, 2.24) is 0 Å². The first-order valence-electron chi connectivity index (χ1n) is 5.51. The van der Waals surface area contributed by atoms with Crippen LogP contribution in [0.4, 0.5) is 10.1 Å². The highest BCUT2D eigenvalue weighted by Crippen LogP contribution is 2.20. The summed E-state index contributed by atoms with van der Waals surface area (Å²) < 4.78 is 13.1. The molecule has 0 aromatic heterocycles. The number of benzene rings is 2. The van der Waals surface area contributed by atoms with E-state index in [9.17, 15) is 19.3 Å². The molecule has 0 bridgehead atoms. The highest BCUT2D eigenvalue weighted by atomic mass is 19.1. The lowest BCUT2D eigenvalue weighted by molar-refractivity contribution is -0.387. The average Bonchev–Trinajstić information content (AvgIpc) is 2.48. The summed E-state index contributed by atoms with van der Waals surface area (Å²) in [6, 6.07) is 11.4. The van der Waals surface area contributed by atoms with E-state index in [1.54, 1.807) is 30.3 Å². The van der Waals surface area contributed by atoms with Crippen LogP contribution in [-0.2, 0) is 0 Å². The molecule has 21 heavy (non-hydrogen) atoms. The second-order valence-electron chi connectivity index (χ2n) is 3.70. The molecule has 0 radical (unpaired) electrons. The lowest BCUT2D eigenvalue weighted by atomic mass is 10.0. The van der Waals surface area contributed by atoms with E-state index < -0.39 is 16.4 Å². The molecule has 2 rings (SSSR count). The van der Waals surface area contributed by atoms with Crippen LogP contribution in [0.3, 0.4) is 0 Å². The van der Waals surface area contributed by atoms with E-state index in [0.29, 0.717) is 5.56 Å². The first kappa shape index (κ1) is 15.9. The molecule has 0 atom stereocenters. The van der Waals surface area contributed by atoms with Crippen molar-refractivity contribution in [2.45, 2.75) is 0 Å². The largest absolute Gasteiger partial charge is 0.379 e. The van der Waals surface area contributed by atoms with Gasteiger partial charge >= 0.3 is 5.69 Å². The van der Waals surface area contributed by atoms with E-state index >= 15 is 0 Å². The van der Waals surface area contributed by atoms with Gasteiger partial charge in [-0.3, -0.25) is 14.9 Å². The Bertz CT molecular complexity index is 661. The Morgan fingerprint density at radius 1 is 1.14 bits per heavy atom. The minimum atomic E-state index is -0.954. The summed E-state index contributed by atoms with van der Waals surface area (Å²) in [4.78, 5) is 29.8. The van der Waals surface area contributed by atoms with Gasteiger partial charge in [0.1, 0.15) is 0 Å². The normalized spacial score (nSPS) is 9.19. The van der Waals surface area contributed by atoms with Crippen LogP contribution < -0.4 is 0 Å². The van der Waals surface area contributed by atoms with Crippen molar-refractivity contribution in [3.63, 3.8) is 0 Å². The second-order valence-corrected chi connectivity index (χ2v) is 3.70. The Labute approximate surface area is 117 Å². The van der Waals surface area contributed by atoms with Gasteiger partial charge in [-0.25, -0.2) is 0 Å². The van der Waals surface area contributed by atoms with Crippen LogP contribution in [0.5, 0.6) is 0 Å². The zero-order valence-electron chi connectivity index (χ0n) is 10.5. The predicted molar refractivity (Wildman–Crippen MR) is 70.5 cm³/mol. The van der Waals surface area contributed by atoms with Crippen molar-refractivity contribution < 1.29 is 19.3 Å². The minimum Gasteiger partial charge on any atom is -0.379 e. The van der Waals surface area contributed by atoms with Gasteiger partial charge in [-0.1, -0.05) is 30.3 Å². The summed E-state index contributed by atoms with van der Waals surface area (Å²) >= 11 is 0. The van der Waals surface area contributed by atoms with Crippen molar-refractivity contribution >= 4 is 11.5 Å². The summed E-state index contributed by atoms with van der Waals surface area (Å²) in [5.41, 5.74) is -0.204. The molecule has 0 amide bonds. The highest BCUT2D eigenvalue weighted by molar-refractivity contribution is 6.09. The molecule has 0 spiro atoms. The Morgan fingerprint density at radius 2 is 1.71 bits per heavy atom. The third-order valence-electron chi connectivity index (χ3n) is 2.44. The Morgan fingerprint density at radius 3 is 2.24 bits per heavy atom. The maximum Gasteiger partial charge on any atom is 0.305 e. The number of hydrogen-bond acceptors (Lipinski definition) is 5. The quantitative estimate of drug-likeness (QED) is 0.404. The van der Waals surface area contributed by atoms with Gasteiger partial charge in [0, 0.05) is 17.2 Å². The number of nitro groups is 1. The lowest BCUT2D eigenvalue weighted by Gasteiger charge is -2.01. The average molecular weight is 292 g/mol. The SMILES string of the molecule is O=C(c1ccccc1)c1ccc(F)c([N+](=O)[O-])c1.O=NO. The third-order valence-corrected chi connectivity index (χ3v) is 2.44. The maximum absolute atomic E-state index is 13.1. The van der Waals surface area contributed by atoms with E-state index in [1.165, 1.54) is 11.4 Å². The monoisotopic (exact) mass is 292 g/mol. The molecule has 0 aliphatic rings. The van der Waals surface area contributed by atoms with Crippen LogP contribution in [0, 0.1) is 20.8 Å². The van der Waals surface area contributed by atoms with E-state index in [4.69, 9.17) is 10.1 Å². The Hall–Kier alpha value is -3.16. The fourth-order valence-electron chi connectivity index (χ4n) is 1.55. The zero-order chi connectivity index (χ0) is 15.8. The van der Waals surface area contributed by atoms with Gasteiger partial charge in [0.05, 0.1) is 4.92 Å². The van der Waals surface area contributed by atoms with Crippen molar-refractivity contribution in [3.8, 4) is 0 Å². The molecule has 0 saturated carbocycles. The molecule has 0 heterocycles. The summed E-state index contributed by atoms with van der Waals surface area (Å²) in [5, 5.41) is 18.5. The van der Waals surface area contributed by atoms with E-state index in [0.717, 1.165) is 12.1 Å². The van der Waals surface area contributed by atoms with E-state index in [-0.39, 0.29) is 11.3 Å². The maximum atomic E-state index is 13.1. The van der Waals surface area contributed by atoms with Gasteiger partial charge in [0.2, 0.25) is 5.82 Å².